The van der Waals surface area contributed by atoms with Gasteiger partial charge in [0.1, 0.15) is 5.75 Å². The van der Waals surface area contributed by atoms with Crippen LogP contribution in [0.1, 0.15) is 24.8 Å². The highest BCUT2D eigenvalue weighted by Gasteiger charge is 2.50. The maximum absolute atomic E-state index is 6.06. The highest BCUT2D eigenvalue weighted by atomic mass is 79.9. The first-order chi connectivity index (χ1) is 9.29. The molecule has 1 aromatic carbocycles. The van der Waals surface area contributed by atoms with Crippen LogP contribution in [-0.2, 0) is 11.2 Å². The second-order valence-electron chi connectivity index (χ2n) is 5.86. The van der Waals surface area contributed by atoms with E-state index in [-0.39, 0.29) is 5.41 Å². The molecule has 2 atom stereocenters. The number of para-hydroxylation sites is 1. The van der Waals surface area contributed by atoms with Crippen molar-refractivity contribution in [3.63, 3.8) is 0 Å². The molecule has 2 fully saturated rings. The summed E-state index contributed by atoms with van der Waals surface area (Å²) in [7, 11) is 1.75. The number of alkyl halides is 1. The molecule has 1 aliphatic carbocycles. The Labute approximate surface area is 123 Å². The maximum atomic E-state index is 6.06. The van der Waals surface area contributed by atoms with Crippen molar-refractivity contribution in [3.8, 4) is 5.75 Å². The van der Waals surface area contributed by atoms with Crippen LogP contribution in [0.5, 0.6) is 5.75 Å². The van der Waals surface area contributed by atoms with Crippen LogP contribution in [0.15, 0.2) is 24.3 Å². The summed E-state index contributed by atoms with van der Waals surface area (Å²) >= 11 is 3.75. The Kier molecular flexibility index (Phi) is 3.86. The number of ether oxygens (including phenoxy) is 2. The lowest BCUT2D eigenvalue weighted by atomic mass is 9.76. The lowest BCUT2D eigenvalue weighted by molar-refractivity contribution is 0.0411. The van der Waals surface area contributed by atoms with E-state index in [1.165, 1.54) is 18.4 Å². The second-order valence-corrected chi connectivity index (χ2v) is 6.42. The van der Waals surface area contributed by atoms with Gasteiger partial charge in [-0.25, -0.2) is 0 Å². The molecule has 1 heterocycles. The summed E-state index contributed by atoms with van der Waals surface area (Å²) in [6.07, 6.45) is 5.30. The standard InChI is InChI=1S/C16H21BrO2/c1-18-14-5-3-2-4-13(14)10-16(11-17)8-9-19-15(16)12-6-7-12/h2-5,12,15H,6-11H2,1H3. The van der Waals surface area contributed by atoms with Crippen LogP contribution in [0.25, 0.3) is 0 Å². The van der Waals surface area contributed by atoms with Gasteiger partial charge in [0, 0.05) is 17.4 Å². The van der Waals surface area contributed by atoms with Crippen molar-refractivity contribution in [1.82, 2.24) is 0 Å². The molecule has 2 aliphatic rings. The number of benzene rings is 1. The van der Waals surface area contributed by atoms with Crippen LogP contribution >= 0.6 is 15.9 Å². The Morgan fingerprint density at radius 2 is 2.16 bits per heavy atom. The molecule has 3 rings (SSSR count). The summed E-state index contributed by atoms with van der Waals surface area (Å²) in [5.74, 6) is 1.79. The zero-order valence-electron chi connectivity index (χ0n) is 11.4. The van der Waals surface area contributed by atoms with Crippen molar-refractivity contribution in [2.75, 3.05) is 19.0 Å². The summed E-state index contributed by atoms with van der Waals surface area (Å²) in [5, 5.41) is 1.01. The molecule has 19 heavy (non-hydrogen) atoms. The van der Waals surface area contributed by atoms with Gasteiger partial charge in [-0.15, -0.1) is 0 Å². The summed E-state index contributed by atoms with van der Waals surface area (Å²) < 4.78 is 11.6. The zero-order valence-corrected chi connectivity index (χ0v) is 13.0. The fourth-order valence-electron chi connectivity index (χ4n) is 3.35. The Balaban J connectivity index is 1.86. The van der Waals surface area contributed by atoms with Gasteiger partial charge in [-0.3, -0.25) is 0 Å². The molecular formula is C16H21BrO2. The van der Waals surface area contributed by atoms with Gasteiger partial charge in [0.05, 0.1) is 13.2 Å². The second kappa shape index (κ2) is 5.45. The Morgan fingerprint density at radius 3 is 2.84 bits per heavy atom. The summed E-state index contributed by atoms with van der Waals surface area (Å²) in [6, 6.07) is 8.37. The van der Waals surface area contributed by atoms with E-state index in [0.29, 0.717) is 6.10 Å². The average molecular weight is 325 g/mol. The van der Waals surface area contributed by atoms with Gasteiger partial charge in [0.25, 0.3) is 0 Å². The quantitative estimate of drug-likeness (QED) is 0.766. The van der Waals surface area contributed by atoms with Crippen LogP contribution in [0.4, 0.5) is 0 Å². The van der Waals surface area contributed by atoms with Crippen molar-refractivity contribution in [2.24, 2.45) is 11.3 Å². The molecule has 2 nitrogen and oxygen atoms in total. The average Bonchev–Trinajstić information content (AvgIpc) is 3.21. The van der Waals surface area contributed by atoms with Gasteiger partial charge in [0.2, 0.25) is 0 Å². The summed E-state index contributed by atoms with van der Waals surface area (Å²) in [4.78, 5) is 0. The SMILES string of the molecule is COc1ccccc1CC1(CBr)CCOC1C1CC1. The minimum atomic E-state index is 0.246. The molecule has 0 radical (unpaired) electrons. The Bertz CT molecular complexity index is 444. The predicted molar refractivity (Wildman–Crippen MR) is 80.0 cm³/mol. The first kappa shape index (κ1) is 13.4. The topological polar surface area (TPSA) is 18.5 Å². The number of rotatable bonds is 5. The van der Waals surface area contributed by atoms with Gasteiger partial charge < -0.3 is 9.47 Å². The molecule has 2 unspecified atom stereocenters. The fourth-order valence-corrected chi connectivity index (χ4v) is 4.15. The molecule has 0 aromatic heterocycles. The lowest BCUT2D eigenvalue weighted by Crippen LogP contribution is -2.36. The molecule has 104 valence electrons. The smallest absolute Gasteiger partial charge is 0.122 e. The molecule has 0 N–H and O–H groups in total. The van der Waals surface area contributed by atoms with Gasteiger partial charge >= 0.3 is 0 Å². The summed E-state index contributed by atoms with van der Waals surface area (Å²) in [6.45, 7) is 0.905. The minimum absolute atomic E-state index is 0.246. The Morgan fingerprint density at radius 1 is 1.37 bits per heavy atom. The predicted octanol–water partition coefficient (Wildman–Crippen LogP) is 3.82. The third kappa shape index (κ3) is 2.55. The van der Waals surface area contributed by atoms with Gasteiger partial charge in [0.15, 0.2) is 0 Å². The highest BCUT2D eigenvalue weighted by molar-refractivity contribution is 9.09. The maximum Gasteiger partial charge on any atom is 0.122 e. The number of halogens is 1. The van der Waals surface area contributed by atoms with Crippen LogP contribution in [0, 0.1) is 11.3 Å². The van der Waals surface area contributed by atoms with E-state index in [2.05, 4.69) is 34.1 Å². The molecule has 0 spiro atoms. The van der Waals surface area contributed by atoms with Crippen LogP contribution in [0.3, 0.4) is 0 Å². The van der Waals surface area contributed by atoms with E-state index < -0.39 is 0 Å². The first-order valence-electron chi connectivity index (χ1n) is 7.08. The normalized spacial score (nSPS) is 30.5. The zero-order chi connectivity index (χ0) is 13.3. The number of methoxy groups -OCH3 is 1. The van der Waals surface area contributed by atoms with E-state index in [9.17, 15) is 0 Å². The van der Waals surface area contributed by atoms with Crippen molar-refractivity contribution >= 4 is 15.9 Å². The van der Waals surface area contributed by atoms with E-state index >= 15 is 0 Å². The molecule has 1 aromatic rings. The molecule has 0 bridgehead atoms. The monoisotopic (exact) mass is 324 g/mol. The summed E-state index contributed by atoms with van der Waals surface area (Å²) in [5.41, 5.74) is 1.55. The third-order valence-corrected chi connectivity index (χ3v) is 5.67. The third-order valence-electron chi connectivity index (χ3n) is 4.55. The van der Waals surface area contributed by atoms with Crippen molar-refractivity contribution in [3.05, 3.63) is 29.8 Å². The van der Waals surface area contributed by atoms with Crippen LogP contribution in [-0.4, -0.2) is 25.2 Å². The van der Waals surface area contributed by atoms with Gasteiger partial charge in [-0.05, 0) is 43.2 Å². The molecule has 0 amide bonds. The van der Waals surface area contributed by atoms with Crippen molar-refractivity contribution in [1.29, 1.82) is 0 Å². The largest absolute Gasteiger partial charge is 0.496 e. The van der Waals surface area contributed by atoms with E-state index in [1.54, 1.807) is 7.11 Å². The van der Waals surface area contributed by atoms with Gasteiger partial charge in [-0.2, -0.15) is 0 Å². The molecule has 1 saturated carbocycles. The highest BCUT2D eigenvalue weighted by Crippen LogP contribution is 2.50. The number of hydrogen-bond acceptors (Lipinski definition) is 2. The van der Waals surface area contributed by atoms with Crippen molar-refractivity contribution < 1.29 is 9.47 Å². The van der Waals surface area contributed by atoms with Gasteiger partial charge in [-0.1, -0.05) is 34.1 Å². The lowest BCUT2D eigenvalue weighted by Gasteiger charge is -2.33. The van der Waals surface area contributed by atoms with E-state index in [1.807, 2.05) is 6.07 Å². The van der Waals surface area contributed by atoms with Crippen LogP contribution < -0.4 is 4.74 Å². The first-order valence-corrected chi connectivity index (χ1v) is 8.21. The molecule has 1 saturated heterocycles. The van der Waals surface area contributed by atoms with Crippen LogP contribution in [0.2, 0.25) is 0 Å². The van der Waals surface area contributed by atoms with Crippen molar-refractivity contribution in [2.45, 2.75) is 31.8 Å². The number of hydrogen-bond donors (Lipinski definition) is 0. The molecular weight excluding hydrogens is 304 g/mol. The van der Waals surface area contributed by atoms with E-state index in [0.717, 1.165) is 36.4 Å². The minimum Gasteiger partial charge on any atom is -0.496 e. The molecule has 1 aliphatic heterocycles. The molecule has 3 heteroatoms. The van der Waals surface area contributed by atoms with E-state index in [4.69, 9.17) is 9.47 Å². The fraction of sp³-hybridized carbons (Fsp3) is 0.625. The Hall–Kier alpha value is -0.540.